The van der Waals surface area contributed by atoms with Crippen LogP contribution < -0.4 is 5.32 Å². The molecule has 1 aromatic rings. The number of piperidine rings is 1. The van der Waals surface area contributed by atoms with E-state index in [9.17, 15) is 4.79 Å². The number of likely N-dealkylation sites (tertiary alicyclic amines) is 1. The highest BCUT2D eigenvalue weighted by atomic mass is 16.6. The molecule has 0 aromatic heterocycles. The maximum Gasteiger partial charge on any atom is 0.407 e. The maximum atomic E-state index is 12.0. The summed E-state index contributed by atoms with van der Waals surface area (Å²) in [6.45, 7) is 10.7. The van der Waals surface area contributed by atoms with Gasteiger partial charge in [-0.15, -0.1) is 0 Å². The van der Waals surface area contributed by atoms with Crippen molar-refractivity contribution in [3.63, 3.8) is 0 Å². The number of amides is 1. The Bertz CT molecular complexity index is 482. The lowest BCUT2D eigenvalue weighted by atomic mass is 9.93. The van der Waals surface area contributed by atoms with Gasteiger partial charge in [0.05, 0.1) is 0 Å². The molecule has 2 rings (SSSR count). The van der Waals surface area contributed by atoms with E-state index in [0.29, 0.717) is 5.92 Å². The van der Waals surface area contributed by atoms with E-state index in [1.165, 1.54) is 5.56 Å². The van der Waals surface area contributed by atoms with Crippen LogP contribution >= 0.6 is 0 Å². The monoisotopic (exact) mass is 304 g/mol. The lowest BCUT2D eigenvalue weighted by molar-refractivity contribution is 0.0433. The molecule has 22 heavy (non-hydrogen) atoms. The highest BCUT2D eigenvalue weighted by Gasteiger charge is 2.29. The summed E-state index contributed by atoms with van der Waals surface area (Å²) in [6, 6.07) is 10.6. The SMILES string of the molecule is C[C@@H]1CCN(Cc2ccccc2)C[C@H]1NC(=O)OC(C)(C)C. The van der Waals surface area contributed by atoms with Crippen LogP contribution in [0.15, 0.2) is 30.3 Å². The van der Waals surface area contributed by atoms with Crippen molar-refractivity contribution in [3.05, 3.63) is 35.9 Å². The van der Waals surface area contributed by atoms with Crippen LogP contribution in [0.4, 0.5) is 4.79 Å². The summed E-state index contributed by atoms with van der Waals surface area (Å²) in [5, 5.41) is 3.04. The first-order valence-corrected chi connectivity index (χ1v) is 8.09. The Hall–Kier alpha value is -1.55. The highest BCUT2D eigenvalue weighted by Crippen LogP contribution is 2.19. The number of carbonyl (C=O) groups is 1. The molecular formula is C18H28N2O2. The molecule has 2 atom stereocenters. The van der Waals surface area contributed by atoms with Crippen molar-refractivity contribution in [2.75, 3.05) is 13.1 Å². The van der Waals surface area contributed by atoms with Crippen LogP contribution in [-0.4, -0.2) is 35.7 Å². The van der Waals surface area contributed by atoms with Crippen molar-refractivity contribution in [2.45, 2.75) is 52.3 Å². The fourth-order valence-electron chi connectivity index (χ4n) is 2.77. The van der Waals surface area contributed by atoms with Gasteiger partial charge < -0.3 is 10.1 Å². The summed E-state index contributed by atoms with van der Waals surface area (Å²) in [5.41, 5.74) is 0.860. The van der Waals surface area contributed by atoms with Gasteiger partial charge in [-0.2, -0.15) is 0 Å². The lowest BCUT2D eigenvalue weighted by Gasteiger charge is -2.37. The number of nitrogens with one attached hydrogen (secondary N) is 1. The molecule has 0 saturated carbocycles. The number of nitrogens with zero attached hydrogens (tertiary/aromatic N) is 1. The number of hydrogen-bond acceptors (Lipinski definition) is 3. The van der Waals surface area contributed by atoms with E-state index in [2.05, 4.69) is 41.4 Å². The van der Waals surface area contributed by atoms with Gasteiger partial charge in [0.15, 0.2) is 0 Å². The molecule has 1 aromatic carbocycles. The highest BCUT2D eigenvalue weighted by molar-refractivity contribution is 5.68. The molecule has 1 amide bonds. The predicted octanol–water partition coefficient (Wildman–Crippen LogP) is 3.42. The Balaban J connectivity index is 1.89. The first kappa shape index (κ1) is 16.8. The molecule has 0 unspecified atom stereocenters. The van der Waals surface area contributed by atoms with E-state index in [-0.39, 0.29) is 12.1 Å². The van der Waals surface area contributed by atoms with Crippen molar-refractivity contribution in [1.29, 1.82) is 0 Å². The fourth-order valence-corrected chi connectivity index (χ4v) is 2.77. The summed E-state index contributed by atoms with van der Waals surface area (Å²) in [7, 11) is 0. The van der Waals surface area contributed by atoms with Crippen molar-refractivity contribution < 1.29 is 9.53 Å². The van der Waals surface area contributed by atoms with Crippen molar-refractivity contribution in [3.8, 4) is 0 Å². The summed E-state index contributed by atoms with van der Waals surface area (Å²) in [5.74, 6) is 0.472. The second kappa shape index (κ2) is 7.14. The average molecular weight is 304 g/mol. The van der Waals surface area contributed by atoms with Crippen molar-refractivity contribution in [2.24, 2.45) is 5.92 Å². The van der Waals surface area contributed by atoms with Crippen molar-refractivity contribution >= 4 is 6.09 Å². The molecular weight excluding hydrogens is 276 g/mol. The minimum absolute atomic E-state index is 0.146. The van der Waals surface area contributed by atoms with Gasteiger partial charge in [-0.25, -0.2) is 4.79 Å². The quantitative estimate of drug-likeness (QED) is 0.930. The normalized spacial score (nSPS) is 23.1. The van der Waals surface area contributed by atoms with Gasteiger partial charge in [-0.1, -0.05) is 37.3 Å². The van der Waals surface area contributed by atoms with Gasteiger partial charge in [0.2, 0.25) is 0 Å². The zero-order valence-electron chi connectivity index (χ0n) is 14.1. The van der Waals surface area contributed by atoms with Gasteiger partial charge in [0.1, 0.15) is 5.60 Å². The molecule has 122 valence electrons. The van der Waals surface area contributed by atoms with Gasteiger partial charge in [0, 0.05) is 19.1 Å². The van der Waals surface area contributed by atoms with Gasteiger partial charge in [0.25, 0.3) is 0 Å². The van der Waals surface area contributed by atoms with Gasteiger partial charge in [-0.05, 0) is 45.2 Å². The van der Waals surface area contributed by atoms with Crippen LogP contribution in [0.3, 0.4) is 0 Å². The molecule has 1 aliphatic rings. The van der Waals surface area contributed by atoms with Gasteiger partial charge in [-0.3, -0.25) is 4.90 Å². The molecule has 1 fully saturated rings. The van der Waals surface area contributed by atoms with E-state index in [0.717, 1.165) is 26.1 Å². The minimum atomic E-state index is -0.453. The maximum absolute atomic E-state index is 12.0. The van der Waals surface area contributed by atoms with E-state index < -0.39 is 5.60 Å². The molecule has 1 saturated heterocycles. The number of ether oxygens (including phenoxy) is 1. The summed E-state index contributed by atoms with van der Waals surface area (Å²) >= 11 is 0. The van der Waals surface area contributed by atoms with Gasteiger partial charge >= 0.3 is 6.09 Å². The largest absolute Gasteiger partial charge is 0.444 e. The Morgan fingerprint density at radius 2 is 2.00 bits per heavy atom. The third-order valence-corrected chi connectivity index (χ3v) is 3.99. The molecule has 0 bridgehead atoms. The molecule has 0 aliphatic carbocycles. The Kier molecular flexibility index (Phi) is 5.46. The molecule has 1 aliphatic heterocycles. The third kappa shape index (κ3) is 5.34. The van der Waals surface area contributed by atoms with Crippen LogP contribution in [0.25, 0.3) is 0 Å². The fraction of sp³-hybridized carbons (Fsp3) is 0.611. The second-order valence-corrected chi connectivity index (χ2v) is 7.24. The number of alkyl carbamates (subject to hydrolysis) is 1. The Labute approximate surface area is 133 Å². The Morgan fingerprint density at radius 3 is 2.64 bits per heavy atom. The standard InChI is InChI=1S/C18H28N2O2/c1-14-10-11-20(12-15-8-6-5-7-9-15)13-16(14)19-17(21)22-18(2,3)4/h5-9,14,16H,10-13H2,1-4H3,(H,19,21)/t14-,16-/m1/s1. The number of rotatable bonds is 3. The smallest absolute Gasteiger partial charge is 0.407 e. The zero-order chi connectivity index (χ0) is 16.2. The van der Waals surface area contributed by atoms with Crippen LogP contribution in [0.5, 0.6) is 0 Å². The van der Waals surface area contributed by atoms with E-state index in [4.69, 9.17) is 4.74 Å². The van der Waals surface area contributed by atoms with Crippen LogP contribution in [-0.2, 0) is 11.3 Å². The third-order valence-electron chi connectivity index (χ3n) is 3.99. The minimum Gasteiger partial charge on any atom is -0.444 e. The average Bonchev–Trinajstić information content (AvgIpc) is 2.41. The summed E-state index contributed by atoms with van der Waals surface area (Å²) in [6.07, 6.45) is 0.777. The van der Waals surface area contributed by atoms with Crippen LogP contribution in [0, 0.1) is 5.92 Å². The Morgan fingerprint density at radius 1 is 1.32 bits per heavy atom. The number of carbonyl (C=O) groups excluding carboxylic acids is 1. The summed E-state index contributed by atoms with van der Waals surface area (Å²) in [4.78, 5) is 14.4. The van der Waals surface area contributed by atoms with Crippen LogP contribution in [0.2, 0.25) is 0 Å². The topological polar surface area (TPSA) is 41.6 Å². The van der Waals surface area contributed by atoms with E-state index >= 15 is 0 Å². The van der Waals surface area contributed by atoms with E-state index in [1.807, 2.05) is 26.8 Å². The summed E-state index contributed by atoms with van der Waals surface area (Å²) < 4.78 is 5.37. The number of hydrogen-bond donors (Lipinski definition) is 1. The van der Waals surface area contributed by atoms with E-state index in [1.54, 1.807) is 0 Å². The molecule has 1 heterocycles. The van der Waals surface area contributed by atoms with Crippen molar-refractivity contribution in [1.82, 2.24) is 10.2 Å². The van der Waals surface area contributed by atoms with Crippen LogP contribution in [0.1, 0.15) is 39.7 Å². The molecule has 0 radical (unpaired) electrons. The first-order valence-electron chi connectivity index (χ1n) is 8.09. The molecule has 4 nitrogen and oxygen atoms in total. The zero-order valence-corrected chi connectivity index (χ0v) is 14.1. The predicted molar refractivity (Wildman–Crippen MR) is 88.7 cm³/mol. The molecule has 0 spiro atoms. The molecule has 4 heteroatoms. The lowest BCUT2D eigenvalue weighted by Crippen LogP contribution is -2.52. The number of benzene rings is 1. The second-order valence-electron chi connectivity index (χ2n) is 7.24. The first-order chi connectivity index (χ1) is 10.3. The molecule has 1 N–H and O–H groups in total.